The Hall–Kier alpha value is -1.14. The molecule has 1 aliphatic rings. The number of amides is 1. The van der Waals surface area contributed by atoms with Gasteiger partial charge in [0, 0.05) is 12.1 Å². The van der Waals surface area contributed by atoms with Gasteiger partial charge in [-0.2, -0.15) is 0 Å². The lowest BCUT2D eigenvalue weighted by Gasteiger charge is -2.17. The Bertz CT molecular complexity index is 256. The van der Waals surface area contributed by atoms with E-state index in [9.17, 15) is 9.59 Å². The first-order valence-electron chi connectivity index (χ1n) is 4.86. The van der Waals surface area contributed by atoms with Crippen molar-refractivity contribution in [3.63, 3.8) is 0 Å². The number of carbonyl (C=O) groups excluding carboxylic acids is 1. The molecule has 0 bridgehead atoms. The monoisotopic (exact) mass is 216 g/mol. The average molecular weight is 216 g/mol. The highest BCUT2D eigenvalue weighted by Gasteiger charge is 2.31. The van der Waals surface area contributed by atoms with Crippen molar-refractivity contribution in [2.45, 2.75) is 25.4 Å². The molecule has 1 aliphatic heterocycles. The van der Waals surface area contributed by atoms with Crippen LogP contribution in [0.25, 0.3) is 0 Å². The number of ether oxygens (including phenoxy) is 1. The molecule has 0 spiro atoms. The molecule has 1 fully saturated rings. The van der Waals surface area contributed by atoms with E-state index in [0.717, 1.165) is 0 Å². The second kappa shape index (κ2) is 5.09. The maximum atomic E-state index is 11.6. The standard InChI is InChI=1S/C9H16N2O4/c1-5(2-8(12)13)11-9(14)6-3-15-4-7(6)10/h5-7H,2-4,10H2,1H3,(H,11,14)(H,12,13). The smallest absolute Gasteiger partial charge is 0.305 e. The van der Waals surface area contributed by atoms with Gasteiger partial charge in [0.05, 0.1) is 25.6 Å². The molecule has 6 heteroatoms. The maximum absolute atomic E-state index is 11.6. The number of carboxylic acid groups (broad SMARTS) is 1. The van der Waals surface area contributed by atoms with Crippen LogP contribution >= 0.6 is 0 Å². The summed E-state index contributed by atoms with van der Waals surface area (Å²) in [7, 11) is 0. The maximum Gasteiger partial charge on any atom is 0.305 e. The molecule has 4 N–H and O–H groups in total. The van der Waals surface area contributed by atoms with Gasteiger partial charge in [-0.3, -0.25) is 9.59 Å². The Kier molecular flexibility index (Phi) is 4.05. The molecule has 3 unspecified atom stereocenters. The van der Waals surface area contributed by atoms with Crippen LogP contribution in [0.15, 0.2) is 0 Å². The number of carboxylic acids is 1. The molecule has 0 saturated carbocycles. The third-order valence-electron chi connectivity index (χ3n) is 2.33. The van der Waals surface area contributed by atoms with Crippen LogP contribution in [0.3, 0.4) is 0 Å². The van der Waals surface area contributed by atoms with Gasteiger partial charge < -0.3 is 20.9 Å². The van der Waals surface area contributed by atoms with Gasteiger partial charge in [0.1, 0.15) is 0 Å². The molecule has 1 heterocycles. The lowest BCUT2D eigenvalue weighted by Crippen LogP contribution is -2.44. The van der Waals surface area contributed by atoms with Gasteiger partial charge in [0.2, 0.25) is 5.91 Å². The molecule has 0 aromatic heterocycles. The molecule has 0 aromatic carbocycles. The third kappa shape index (κ3) is 3.49. The number of nitrogens with one attached hydrogen (secondary N) is 1. The summed E-state index contributed by atoms with van der Waals surface area (Å²) in [6, 6.07) is -0.676. The van der Waals surface area contributed by atoms with E-state index in [0.29, 0.717) is 13.2 Å². The highest BCUT2D eigenvalue weighted by molar-refractivity contribution is 5.80. The number of hydrogen-bond acceptors (Lipinski definition) is 4. The SMILES string of the molecule is CC(CC(=O)O)NC(=O)C1COCC1N. The molecule has 1 rings (SSSR count). The van der Waals surface area contributed by atoms with Gasteiger partial charge in [0.25, 0.3) is 0 Å². The minimum absolute atomic E-state index is 0.0887. The largest absolute Gasteiger partial charge is 0.481 e. The van der Waals surface area contributed by atoms with E-state index < -0.39 is 5.97 Å². The van der Waals surface area contributed by atoms with E-state index in [-0.39, 0.29) is 30.3 Å². The predicted octanol–water partition coefficient (Wildman–Crippen LogP) is -1.06. The van der Waals surface area contributed by atoms with Crippen LogP contribution in [0, 0.1) is 5.92 Å². The lowest BCUT2D eigenvalue weighted by molar-refractivity contribution is -0.137. The van der Waals surface area contributed by atoms with Crippen molar-refractivity contribution in [3.05, 3.63) is 0 Å². The second-order valence-corrected chi connectivity index (χ2v) is 3.82. The van der Waals surface area contributed by atoms with Crippen LogP contribution in [0.1, 0.15) is 13.3 Å². The van der Waals surface area contributed by atoms with Crippen LogP contribution in [0.5, 0.6) is 0 Å². The first kappa shape index (κ1) is 11.9. The molecule has 3 atom stereocenters. The van der Waals surface area contributed by atoms with E-state index in [1.165, 1.54) is 0 Å². The van der Waals surface area contributed by atoms with E-state index in [2.05, 4.69) is 5.32 Å². The Balaban J connectivity index is 2.37. The van der Waals surface area contributed by atoms with Crippen molar-refractivity contribution in [3.8, 4) is 0 Å². The molecule has 0 radical (unpaired) electrons. The minimum Gasteiger partial charge on any atom is -0.481 e. The molecule has 0 aliphatic carbocycles. The van der Waals surface area contributed by atoms with Gasteiger partial charge in [-0.05, 0) is 6.92 Å². The van der Waals surface area contributed by atoms with Gasteiger partial charge in [-0.1, -0.05) is 0 Å². The Morgan fingerprint density at radius 2 is 2.27 bits per heavy atom. The first-order valence-corrected chi connectivity index (χ1v) is 4.86. The Morgan fingerprint density at radius 1 is 1.60 bits per heavy atom. The summed E-state index contributed by atoms with van der Waals surface area (Å²) in [5.41, 5.74) is 5.65. The molecule has 1 amide bonds. The summed E-state index contributed by atoms with van der Waals surface area (Å²) < 4.78 is 5.05. The zero-order chi connectivity index (χ0) is 11.4. The minimum atomic E-state index is -0.935. The summed E-state index contributed by atoms with van der Waals surface area (Å²) in [5, 5.41) is 11.1. The normalized spacial score (nSPS) is 27.3. The Morgan fingerprint density at radius 3 is 2.73 bits per heavy atom. The van der Waals surface area contributed by atoms with Gasteiger partial charge in [-0.25, -0.2) is 0 Å². The van der Waals surface area contributed by atoms with Crippen molar-refractivity contribution in [2.24, 2.45) is 11.7 Å². The second-order valence-electron chi connectivity index (χ2n) is 3.82. The van der Waals surface area contributed by atoms with Gasteiger partial charge in [0.15, 0.2) is 0 Å². The van der Waals surface area contributed by atoms with E-state index in [1.54, 1.807) is 6.92 Å². The zero-order valence-electron chi connectivity index (χ0n) is 8.60. The average Bonchev–Trinajstić information content (AvgIpc) is 2.49. The van der Waals surface area contributed by atoms with Crippen LogP contribution < -0.4 is 11.1 Å². The Labute approximate surface area is 87.8 Å². The van der Waals surface area contributed by atoms with E-state index >= 15 is 0 Å². The quantitative estimate of drug-likeness (QED) is 0.556. The number of rotatable bonds is 4. The molecular formula is C9H16N2O4. The molecule has 15 heavy (non-hydrogen) atoms. The predicted molar refractivity (Wildman–Crippen MR) is 52.1 cm³/mol. The first-order chi connectivity index (χ1) is 7.00. The van der Waals surface area contributed by atoms with Crippen molar-refractivity contribution >= 4 is 11.9 Å². The fourth-order valence-electron chi connectivity index (χ4n) is 1.50. The van der Waals surface area contributed by atoms with Crippen LogP contribution in [-0.4, -0.2) is 42.3 Å². The van der Waals surface area contributed by atoms with Crippen molar-refractivity contribution in [1.82, 2.24) is 5.32 Å². The summed E-state index contributed by atoms with van der Waals surface area (Å²) in [4.78, 5) is 22.0. The number of hydrogen-bond donors (Lipinski definition) is 3. The molecule has 0 aromatic rings. The van der Waals surface area contributed by atoms with Gasteiger partial charge in [-0.15, -0.1) is 0 Å². The van der Waals surface area contributed by atoms with E-state index in [4.69, 9.17) is 15.6 Å². The summed E-state index contributed by atoms with van der Waals surface area (Å²) in [6.07, 6.45) is -0.0887. The van der Waals surface area contributed by atoms with Gasteiger partial charge >= 0.3 is 5.97 Å². The third-order valence-corrected chi connectivity index (χ3v) is 2.33. The molecular weight excluding hydrogens is 200 g/mol. The number of carbonyl (C=O) groups is 2. The highest BCUT2D eigenvalue weighted by Crippen LogP contribution is 2.11. The number of nitrogens with two attached hydrogens (primary N) is 1. The van der Waals surface area contributed by atoms with Crippen molar-refractivity contribution in [2.75, 3.05) is 13.2 Å². The fraction of sp³-hybridized carbons (Fsp3) is 0.778. The van der Waals surface area contributed by atoms with Crippen LogP contribution in [0.4, 0.5) is 0 Å². The summed E-state index contributed by atoms with van der Waals surface area (Å²) in [6.45, 7) is 2.34. The fourth-order valence-corrected chi connectivity index (χ4v) is 1.50. The molecule has 6 nitrogen and oxygen atoms in total. The van der Waals surface area contributed by atoms with E-state index in [1.807, 2.05) is 0 Å². The molecule has 1 saturated heterocycles. The van der Waals surface area contributed by atoms with Crippen molar-refractivity contribution < 1.29 is 19.4 Å². The summed E-state index contributed by atoms with van der Waals surface area (Å²) in [5.74, 6) is -1.52. The lowest BCUT2D eigenvalue weighted by atomic mass is 10.0. The molecule has 86 valence electrons. The topological polar surface area (TPSA) is 102 Å². The van der Waals surface area contributed by atoms with Crippen LogP contribution in [-0.2, 0) is 14.3 Å². The van der Waals surface area contributed by atoms with Crippen LogP contribution in [0.2, 0.25) is 0 Å². The van der Waals surface area contributed by atoms with Crippen molar-refractivity contribution in [1.29, 1.82) is 0 Å². The summed E-state index contributed by atoms with van der Waals surface area (Å²) >= 11 is 0. The highest BCUT2D eigenvalue weighted by atomic mass is 16.5. The number of aliphatic carboxylic acids is 1. The zero-order valence-corrected chi connectivity index (χ0v) is 8.60.